The summed E-state index contributed by atoms with van der Waals surface area (Å²) in [6.07, 6.45) is 1.21. The first-order chi connectivity index (χ1) is 15.2. The lowest BCUT2D eigenvalue weighted by Gasteiger charge is -2.17. The number of carbonyl (C=O) groups is 2. The van der Waals surface area contributed by atoms with Crippen LogP contribution in [0.1, 0.15) is 21.5 Å². The summed E-state index contributed by atoms with van der Waals surface area (Å²) in [6, 6.07) is 24.6. The van der Waals surface area contributed by atoms with Crippen LogP contribution in [0.15, 0.2) is 77.7 Å². The molecule has 0 spiro atoms. The van der Waals surface area contributed by atoms with Gasteiger partial charge in [0.1, 0.15) is 0 Å². The number of carbonyl (C=O) groups excluding carboxylic acids is 2. The molecule has 0 saturated heterocycles. The molecule has 0 unspecified atom stereocenters. The molecular formula is C25H21N3O2S. The van der Waals surface area contributed by atoms with Gasteiger partial charge in [-0.3, -0.25) is 9.59 Å². The van der Waals surface area contributed by atoms with E-state index in [2.05, 4.69) is 17.5 Å². The number of hydrogen-bond acceptors (Lipinski definition) is 4. The molecule has 5 nitrogen and oxygen atoms in total. The van der Waals surface area contributed by atoms with Crippen molar-refractivity contribution in [3.63, 3.8) is 0 Å². The molecule has 0 radical (unpaired) electrons. The van der Waals surface area contributed by atoms with E-state index in [1.807, 2.05) is 53.4 Å². The topological polar surface area (TPSA) is 73.2 Å². The Morgan fingerprint density at radius 3 is 2.55 bits per heavy atom. The van der Waals surface area contributed by atoms with Gasteiger partial charge in [-0.05, 0) is 47.9 Å². The van der Waals surface area contributed by atoms with E-state index in [1.165, 1.54) is 17.3 Å². The zero-order valence-electron chi connectivity index (χ0n) is 16.9. The van der Waals surface area contributed by atoms with Gasteiger partial charge in [0.25, 0.3) is 5.91 Å². The van der Waals surface area contributed by atoms with E-state index in [1.54, 1.807) is 18.2 Å². The second kappa shape index (κ2) is 9.50. The van der Waals surface area contributed by atoms with Crippen LogP contribution in [0, 0.1) is 11.3 Å². The third-order valence-electron chi connectivity index (χ3n) is 5.17. The lowest BCUT2D eigenvalue weighted by Crippen LogP contribution is -2.30. The van der Waals surface area contributed by atoms with Crippen molar-refractivity contribution in [2.75, 3.05) is 22.5 Å². The van der Waals surface area contributed by atoms with Crippen molar-refractivity contribution in [3.8, 4) is 6.07 Å². The highest BCUT2D eigenvalue weighted by Crippen LogP contribution is 2.30. The predicted molar refractivity (Wildman–Crippen MR) is 123 cm³/mol. The highest BCUT2D eigenvalue weighted by Gasteiger charge is 2.24. The van der Waals surface area contributed by atoms with E-state index >= 15 is 0 Å². The maximum absolute atomic E-state index is 12.8. The van der Waals surface area contributed by atoms with Crippen LogP contribution < -0.4 is 10.2 Å². The van der Waals surface area contributed by atoms with E-state index in [-0.39, 0.29) is 17.6 Å². The average molecular weight is 428 g/mol. The summed E-state index contributed by atoms with van der Waals surface area (Å²) in [5.41, 5.74) is 4.28. The molecule has 1 N–H and O–H groups in total. The highest BCUT2D eigenvalue weighted by atomic mass is 32.2. The fourth-order valence-electron chi connectivity index (χ4n) is 3.59. The molecule has 3 aromatic carbocycles. The van der Waals surface area contributed by atoms with Crippen molar-refractivity contribution in [1.82, 2.24) is 0 Å². The van der Waals surface area contributed by atoms with E-state index < -0.39 is 0 Å². The van der Waals surface area contributed by atoms with E-state index in [9.17, 15) is 9.59 Å². The normalized spacial score (nSPS) is 12.2. The van der Waals surface area contributed by atoms with Gasteiger partial charge in [0, 0.05) is 22.8 Å². The Labute approximate surface area is 185 Å². The van der Waals surface area contributed by atoms with Crippen LogP contribution in [-0.4, -0.2) is 24.1 Å². The van der Waals surface area contributed by atoms with Crippen molar-refractivity contribution in [2.45, 2.75) is 17.7 Å². The monoisotopic (exact) mass is 427 g/mol. The molecule has 1 heterocycles. The SMILES string of the molecule is N#CCc1ccc(NC(=O)c2ccccc2SCC(=O)N2CCc3ccccc32)cc1. The molecule has 6 heteroatoms. The van der Waals surface area contributed by atoms with Crippen LogP contribution >= 0.6 is 11.8 Å². The van der Waals surface area contributed by atoms with Gasteiger partial charge in [-0.25, -0.2) is 0 Å². The molecule has 31 heavy (non-hydrogen) atoms. The first-order valence-electron chi connectivity index (χ1n) is 10.0. The molecule has 0 aliphatic carbocycles. The number of rotatable bonds is 6. The van der Waals surface area contributed by atoms with Crippen LogP contribution in [0.4, 0.5) is 11.4 Å². The minimum atomic E-state index is -0.227. The highest BCUT2D eigenvalue weighted by molar-refractivity contribution is 8.00. The lowest BCUT2D eigenvalue weighted by molar-refractivity contribution is -0.116. The number of amides is 2. The third kappa shape index (κ3) is 4.79. The van der Waals surface area contributed by atoms with Crippen LogP contribution in [0.2, 0.25) is 0 Å². The summed E-state index contributed by atoms with van der Waals surface area (Å²) in [6.45, 7) is 0.697. The second-order valence-electron chi connectivity index (χ2n) is 7.19. The van der Waals surface area contributed by atoms with Crippen molar-refractivity contribution in [1.29, 1.82) is 5.26 Å². The van der Waals surface area contributed by atoms with Crippen molar-refractivity contribution >= 4 is 35.0 Å². The second-order valence-corrected chi connectivity index (χ2v) is 8.21. The number of hydrogen-bond donors (Lipinski definition) is 1. The Morgan fingerprint density at radius 1 is 1.00 bits per heavy atom. The number of nitrogens with zero attached hydrogens (tertiary/aromatic N) is 2. The standard InChI is InChI=1S/C25H21N3O2S/c26-15-13-18-9-11-20(12-10-18)27-25(30)21-6-2-4-8-23(21)31-17-24(29)28-16-14-19-5-1-3-7-22(19)28/h1-12H,13-14,16-17H2,(H,27,30). The minimum Gasteiger partial charge on any atom is -0.322 e. The molecule has 0 saturated carbocycles. The van der Waals surface area contributed by atoms with Gasteiger partial charge in [0.05, 0.1) is 23.8 Å². The molecule has 3 aromatic rings. The molecule has 1 aliphatic rings. The number of thioether (sulfide) groups is 1. The zero-order valence-corrected chi connectivity index (χ0v) is 17.7. The summed E-state index contributed by atoms with van der Waals surface area (Å²) in [5.74, 6) is 0.0786. The van der Waals surface area contributed by atoms with E-state index in [0.717, 1.165) is 22.6 Å². The molecule has 1 aliphatic heterocycles. The molecule has 154 valence electrons. The quantitative estimate of drug-likeness (QED) is 0.580. The maximum atomic E-state index is 12.8. The van der Waals surface area contributed by atoms with Gasteiger partial charge < -0.3 is 10.2 Å². The van der Waals surface area contributed by atoms with E-state index in [0.29, 0.717) is 24.2 Å². The van der Waals surface area contributed by atoms with Crippen molar-refractivity contribution in [3.05, 3.63) is 89.5 Å². The number of fused-ring (bicyclic) bond motifs is 1. The van der Waals surface area contributed by atoms with Gasteiger partial charge in [0.2, 0.25) is 5.91 Å². The third-order valence-corrected chi connectivity index (χ3v) is 6.22. The van der Waals surface area contributed by atoms with Crippen LogP contribution in [0.5, 0.6) is 0 Å². The number of benzene rings is 3. The molecular weight excluding hydrogens is 406 g/mol. The first-order valence-corrected chi connectivity index (χ1v) is 11.0. The maximum Gasteiger partial charge on any atom is 0.256 e. The van der Waals surface area contributed by atoms with Crippen LogP contribution in [0.25, 0.3) is 0 Å². The average Bonchev–Trinajstić information content (AvgIpc) is 3.23. The van der Waals surface area contributed by atoms with Crippen molar-refractivity contribution in [2.24, 2.45) is 0 Å². The summed E-state index contributed by atoms with van der Waals surface area (Å²) in [4.78, 5) is 28.3. The molecule has 0 fully saturated rings. The largest absolute Gasteiger partial charge is 0.322 e. The Morgan fingerprint density at radius 2 is 1.74 bits per heavy atom. The Hall–Kier alpha value is -3.56. The fraction of sp³-hybridized carbons (Fsp3) is 0.160. The van der Waals surface area contributed by atoms with Gasteiger partial charge in [-0.1, -0.05) is 42.5 Å². The molecule has 0 bridgehead atoms. The van der Waals surface area contributed by atoms with Gasteiger partial charge >= 0.3 is 0 Å². The van der Waals surface area contributed by atoms with Gasteiger partial charge in [-0.2, -0.15) is 5.26 Å². The predicted octanol–water partition coefficient (Wildman–Crippen LogP) is 4.69. The lowest BCUT2D eigenvalue weighted by atomic mass is 10.1. The summed E-state index contributed by atoms with van der Waals surface area (Å²) in [5, 5.41) is 11.7. The summed E-state index contributed by atoms with van der Waals surface area (Å²) >= 11 is 1.38. The summed E-state index contributed by atoms with van der Waals surface area (Å²) in [7, 11) is 0. The fourth-order valence-corrected chi connectivity index (χ4v) is 4.52. The minimum absolute atomic E-state index is 0.0400. The number of nitriles is 1. The Kier molecular flexibility index (Phi) is 6.34. The molecule has 0 aromatic heterocycles. The zero-order chi connectivity index (χ0) is 21.6. The molecule has 0 atom stereocenters. The Balaban J connectivity index is 1.42. The first kappa shape index (κ1) is 20.7. The van der Waals surface area contributed by atoms with E-state index in [4.69, 9.17) is 5.26 Å². The number of para-hydroxylation sites is 1. The van der Waals surface area contributed by atoms with Crippen LogP contribution in [-0.2, 0) is 17.6 Å². The Bertz CT molecular complexity index is 1150. The number of nitrogens with one attached hydrogen (secondary N) is 1. The number of anilines is 2. The van der Waals surface area contributed by atoms with Crippen molar-refractivity contribution < 1.29 is 9.59 Å². The smallest absolute Gasteiger partial charge is 0.256 e. The van der Waals surface area contributed by atoms with Gasteiger partial charge in [-0.15, -0.1) is 11.8 Å². The van der Waals surface area contributed by atoms with Crippen LogP contribution in [0.3, 0.4) is 0 Å². The molecule has 2 amide bonds. The summed E-state index contributed by atoms with van der Waals surface area (Å²) < 4.78 is 0. The van der Waals surface area contributed by atoms with Gasteiger partial charge in [0.15, 0.2) is 0 Å². The molecule has 4 rings (SSSR count).